The van der Waals surface area contributed by atoms with Crippen molar-refractivity contribution in [1.29, 1.82) is 0 Å². The molecule has 2 atom stereocenters. The van der Waals surface area contributed by atoms with Crippen LogP contribution in [-0.2, 0) is 0 Å². The quantitative estimate of drug-likeness (QED) is 0.756. The summed E-state index contributed by atoms with van der Waals surface area (Å²) in [5.74, 6) is 2.29. The molecule has 1 fully saturated rings. The number of piperidine rings is 1. The Morgan fingerprint density at radius 2 is 1.83 bits per heavy atom. The third-order valence-electron chi connectivity index (χ3n) is 6.24. The maximum atomic E-state index is 10.7. The summed E-state index contributed by atoms with van der Waals surface area (Å²) < 4.78 is 17.1. The molecular weight excluding hydrogens is 382 g/mol. The molecule has 2 aliphatic rings. The highest BCUT2D eigenvalue weighted by Gasteiger charge is 2.43. The largest absolute Gasteiger partial charge is 0.497 e. The Labute approximate surface area is 178 Å². The molecule has 6 heteroatoms. The van der Waals surface area contributed by atoms with E-state index in [1.54, 1.807) is 7.11 Å². The van der Waals surface area contributed by atoms with Crippen molar-refractivity contribution in [3.8, 4) is 17.2 Å². The molecular formula is C24H31NO5. The summed E-state index contributed by atoms with van der Waals surface area (Å²) in [7, 11) is 1.62. The number of fused-ring (bicyclic) bond motifs is 1. The lowest BCUT2D eigenvalue weighted by molar-refractivity contribution is -0.0588. The van der Waals surface area contributed by atoms with Crippen LogP contribution in [0.3, 0.4) is 0 Å². The number of hydrogen-bond donors (Lipinski definition) is 2. The Kier molecular flexibility index (Phi) is 6.18. The van der Waals surface area contributed by atoms with E-state index in [4.69, 9.17) is 14.2 Å². The number of aliphatic hydroxyl groups excluding tert-OH is 2. The van der Waals surface area contributed by atoms with Gasteiger partial charge in [-0.3, -0.25) is 0 Å². The molecule has 0 saturated carbocycles. The Hall–Kier alpha value is -2.28. The van der Waals surface area contributed by atoms with Crippen molar-refractivity contribution in [2.24, 2.45) is 0 Å². The number of benzene rings is 2. The highest BCUT2D eigenvalue weighted by atomic mass is 16.5. The summed E-state index contributed by atoms with van der Waals surface area (Å²) in [6, 6.07) is 13.3. The van der Waals surface area contributed by atoms with Gasteiger partial charge >= 0.3 is 0 Å². The summed E-state index contributed by atoms with van der Waals surface area (Å²) in [6.07, 6.45) is 1.14. The first-order chi connectivity index (χ1) is 14.5. The van der Waals surface area contributed by atoms with Crippen LogP contribution in [0.4, 0.5) is 0 Å². The first-order valence-electron chi connectivity index (χ1n) is 10.7. The molecule has 0 bridgehead atoms. The average Bonchev–Trinajstić information content (AvgIpc) is 2.76. The first kappa shape index (κ1) is 21.0. The number of methoxy groups -OCH3 is 1. The van der Waals surface area contributed by atoms with E-state index in [-0.39, 0.29) is 5.60 Å². The van der Waals surface area contributed by atoms with E-state index in [1.165, 1.54) is 0 Å². The lowest BCUT2D eigenvalue weighted by Crippen LogP contribution is -2.51. The molecule has 2 aliphatic heterocycles. The fourth-order valence-electron chi connectivity index (χ4n) is 4.50. The van der Waals surface area contributed by atoms with Gasteiger partial charge in [-0.2, -0.15) is 0 Å². The van der Waals surface area contributed by atoms with E-state index in [0.717, 1.165) is 54.3 Å². The van der Waals surface area contributed by atoms with Crippen LogP contribution >= 0.6 is 0 Å². The number of hydrogen-bond acceptors (Lipinski definition) is 6. The van der Waals surface area contributed by atoms with E-state index >= 15 is 0 Å². The van der Waals surface area contributed by atoms with Crippen LogP contribution in [0.5, 0.6) is 17.2 Å². The monoisotopic (exact) mass is 413 g/mol. The van der Waals surface area contributed by atoms with Crippen LogP contribution in [-0.4, -0.2) is 54.1 Å². The van der Waals surface area contributed by atoms with Gasteiger partial charge in [-0.25, -0.2) is 0 Å². The minimum Gasteiger partial charge on any atom is -0.497 e. The maximum absolute atomic E-state index is 10.7. The Morgan fingerprint density at radius 1 is 1.13 bits per heavy atom. The zero-order chi connectivity index (χ0) is 21.1. The summed E-state index contributed by atoms with van der Waals surface area (Å²) >= 11 is 0. The topological polar surface area (TPSA) is 71.4 Å². The van der Waals surface area contributed by atoms with E-state index in [1.807, 2.05) is 49.4 Å². The summed E-state index contributed by atoms with van der Waals surface area (Å²) in [5.41, 5.74) is 1.35. The van der Waals surface area contributed by atoms with Crippen LogP contribution in [0, 0.1) is 0 Å². The molecule has 2 aromatic rings. The minimum absolute atomic E-state index is 0.346. The molecule has 0 radical (unpaired) electrons. The molecule has 0 unspecified atom stereocenters. The Balaban J connectivity index is 1.35. The van der Waals surface area contributed by atoms with Gasteiger partial charge < -0.3 is 29.3 Å². The average molecular weight is 414 g/mol. The molecule has 0 aliphatic carbocycles. The number of β-amino-alcohol motifs (C(OH)–C–C–N with tert-alkyl or cyclic N) is 1. The molecule has 2 heterocycles. The first-order valence-corrected chi connectivity index (χ1v) is 10.7. The molecule has 2 aromatic carbocycles. The van der Waals surface area contributed by atoms with E-state index in [2.05, 4.69) is 4.90 Å². The van der Waals surface area contributed by atoms with Crippen LogP contribution in [0.2, 0.25) is 0 Å². The Bertz CT molecular complexity index is 845. The molecule has 162 valence electrons. The number of aliphatic hydroxyl groups is 2. The predicted molar refractivity (Wildman–Crippen MR) is 114 cm³/mol. The fourth-order valence-corrected chi connectivity index (χ4v) is 4.50. The van der Waals surface area contributed by atoms with Gasteiger partial charge in [0.1, 0.15) is 22.8 Å². The zero-order valence-electron chi connectivity index (χ0n) is 17.7. The smallest absolute Gasteiger partial charge is 0.126 e. The van der Waals surface area contributed by atoms with Crippen molar-refractivity contribution in [3.05, 3.63) is 53.6 Å². The van der Waals surface area contributed by atoms with Crippen molar-refractivity contribution in [1.82, 2.24) is 4.90 Å². The van der Waals surface area contributed by atoms with Gasteiger partial charge in [-0.15, -0.1) is 0 Å². The molecule has 2 N–H and O–H groups in total. The zero-order valence-corrected chi connectivity index (χ0v) is 17.7. The van der Waals surface area contributed by atoms with Gasteiger partial charge in [0.15, 0.2) is 0 Å². The predicted octanol–water partition coefficient (Wildman–Crippen LogP) is 3.48. The highest BCUT2D eigenvalue weighted by Crippen LogP contribution is 2.45. The van der Waals surface area contributed by atoms with Crippen molar-refractivity contribution in [2.75, 3.05) is 33.4 Å². The van der Waals surface area contributed by atoms with Crippen LogP contribution in [0.1, 0.15) is 49.5 Å². The molecule has 0 amide bonds. The lowest BCUT2D eigenvalue weighted by atomic mass is 9.81. The summed E-state index contributed by atoms with van der Waals surface area (Å²) in [5, 5.41) is 21.4. The van der Waals surface area contributed by atoms with E-state index in [0.29, 0.717) is 19.6 Å². The SMILES string of the molecule is CCOc1ccc([C@H](O)CN2CCC3(CC2)C[C@@H](O)c2cc(OC)ccc2O3)cc1. The van der Waals surface area contributed by atoms with Crippen molar-refractivity contribution in [2.45, 2.75) is 44.0 Å². The van der Waals surface area contributed by atoms with E-state index in [9.17, 15) is 10.2 Å². The van der Waals surface area contributed by atoms with Crippen LogP contribution < -0.4 is 14.2 Å². The number of nitrogens with zero attached hydrogens (tertiary/aromatic N) is 1. The summed E-state index contributed by atoms with van der Waals surface area (Å²) in [6.45, 7) is 4.82. The highest BCUT2D eigenvalue weighted by molar-refractivity contribution is 5.43. The molecule has 30 heavy (non-hydrogen) atoms. The van der Waals surface area contributed by atoms with Crippen molar-refractivity contribution < 1.29 is 24.4 Å². The van der Waals surface area contributed by atoms with Crippen molar-refractivity contribution in [3.63, 3.8) is 0 Å². The summed E-state index contributed by atoms with van der Waals surface area (Å²) in [4.78, 5) is 2.27. The third-order valence-corrected chi connectivity index (χ3v) is 6.24. The van der Waals surface area contributed by atoms with Gasteiger partial charge in [0.05, 0.1) is 25.9 Å². The van der Waals surface area contributed by atoms with Gasteiger partial charge in [-0.1, -0.05) is 12.1 Å². The van der Waals surface area contributed by atoms with Gasteiger partial charge in [0.25, 0.3) is 0 Å². The molecule has 1 saturated heterocycles. The normalized spacial score (nSPS) is 21.5. The fraction of sp³-hybridized carbons (Fsp3) is 0.500. The second-order valence-corrected chi connectivity index (χ2v) is 8.23. The molecule has 6 nitrogen and oxygen atoms in total. The third kappa shape index (κ3) is 4.41. The second-order valence-electron chi connectivity index (χ2n) is 8.23. The second kappa shape index (κ2) is 8.84. The van der Waals surface area contributed by atoms with Crippen molar-refractivity contribution >= 4 is 0 Å². The maximum Gasteiger partial charge on any atom is 0.126 e. The lowest BCUT2D eigenvalue weighted by Gasteiger charge is -2.46. The van der Waals surface area contributed by atoms with Gasteiger partial charge in [0.2, 0.25) is 0 Å². The van der Waals surface area contributed by atoms with Crippen LogP contribution in [0.15, 0.2) is 42.5 Å². The minimum atomic E-state index is -0.551. The molecule has 1 spiro atoms. The molecule has 0 aromatic heterocycles. The number of ether oxygens (including phenoxy) is 3. The number of rotatable bonds is 6. The van der Waals surface area contributed by atoms with Gasteiger partial charge in [-0.05, 0) is 55.7 Å². The van der Waals surface area contributed by atoms with Crippen LogP contribution in [0.25, 0.3) is 0 Å². The number of likely N-dealkylation sites (tertiary alicyclic amines) is 1. The Morgan fingerprint density at radius 3 is 2.50 bits per heavy atom. The van der Waals surface area contributed by atoms with E-state index < -0.39 is 12.2 Å². The van der Waals surface area contributed by atoms with Gasteiger partial charge in [0, 0.05) is 31.6 Å². The molecule has 4 rings (SSSR count). The standard InChI is InChI=1S/C24H31NO5/c1-3-29-18-6-4-17(5-7-18)22(27)16-25-12-10-24(11-13-25)15-21(26)20-14-19(28-2)8-9-23(20)30-24/h4-9,14,21-22,26-27H,3,10-13,15-16H2,1-2H3/t21-,22-/m1/s1.